The zero-order valence-corrected chi connectivity index (χ0v) is 17.4. The Balaban J connectivity index is 1.56. The third kappa shape index (κ3) is 4.13. The number of piperidine rings is 1. The van der Waals surface area contributed by atoms with E-state index in [9.17, 15) is 18.4 Å². The molecule has 0 radical (unpaired) electrons. The molecule has 3 heterocycles. The van der Waals surface area contributed by atoms with E-state index in [1.54, 1.807) is 22.8 Å². The highest BCUT2D eigenvalue weighted by Crippen LogP contribution is 2.40. The number of alkyl halides is 2. The van der Waals surface area contributed by atoms with Gasteiger partial charge in [0.25, 0.3) is 0 Å². The molecule has 0 aromatic carbocycles. The van der Waals surface area contributed by atoms with Crippen LogP contribution in [0.15, 0.2) is 18.3 Å². The second-order valence-corrected chi connectivity index (χ2v) is 8.62. The fraction of sp³-hybridized carbons (Fsp3) is 0.619. The molecule has 168 valence electrons. The number of rotatable bonds is 5. The molecule has 8 nitrogen and oxygen atoms in total. The normalized spacial score (nSPS) is 25.2. The summed E-state index contributed by atoms with van der Waals surface area (Å²) in [6, 6.07) is 3.02. The number of fused-ring (bicyclic) bond motifs is 1. The van der Waals surface area contributed by atoms with E-state index < -0.39 is 23.3 Å². The summed E-state index contributed by atoms with van der Waals surface area (Å²) in [6.45, 7) is 0.528. The van der Waals surface area contributed by atoms with Gasteiger partial charge >= 0.3 is 5.97 Å². The van der Waals surface area contributed by atoms with Crippen molar-refractivity contribution in [1.29, 1.82) is 0 Å². The van der Waals surface area contributed by atoms with E-state index in [1.807, 2.05) is 0 Å². The van der Waals surface area contributed by atoms with Crippen LogP contribution in [-0.4, -0.2) is 46.1 Å². The van der Waals surface area contributed by atoms with Crippen molar-refractivity contribution in [2.24, 2.45) is 17.1 Å². The number of carbonyl (C=O) groups excluding carboxylic acids is 2. The Morgan fingerprint density at radius 2 is 2.10 bits per heavy atom. The lowest BCUT2D eigenvalue weighted by molar-refractivity contribution is -0.161. The third-order valence-electron chi connectivity index (χ3n) is 6.56. The number of carbonyl (C=O) groups is 2. The number of amides is 1. The standard InChI is InChI=1S/C21H27F2N5O3/c1-31-19(30)20(7-2-10-25-18(20)29)11-14-3-4-16-26-15(12-28(16)27-14)17(24)13-5-8-21(22,23)9-6-13/h3-4,12-13,17H,2,5-11,24H2,1H3,(H,25,29). The summed E-state index contributed by atoms with van der Waals surface area (Å²) in [5, 5.41) is 7.28. The maximum atomic E-state index is 13.5. The first-order chi connectivity index (χ1) is 14.7. The number of nitrogens with zero attached hydrogens (tertiary/aromatic N) is 3. The molecule has 4 rings (SSSR count). The zero-order chi connectivity index (χ0) is 22.2. The number of hydrogen-bond acceptors (Lipinski definition) is 6. The first kappa shape index (κ1) is 21.6. The Morgan fingerprint density at radius 1 is 1.35 bits per heavy atom. The van der Waals surface area contributed by atoms with Crippen molar-refractivity contribution in [1.82, 2.24) is 19.9 Å². The number of aromatic nitrogens is 3. The van der Waals surface area contributed by atoms with E-state index in [4.69, 9.17) is 10.5 Å². The summed E-state index contributed by atoms with van der Waals surface area (Å²) >= 11 is 0. The average molecular weight is 435 g/mol. The van der Waals surface area contributed by atoms with Crippen molar-refractivity contribution >= 4 is 17.5 Å². The van der Waals surface area contributed by atoms with Gasteiger partial charge in [-0.1, -0.05) is 0 Å². The average Bonchev–Trinajstić information content (AvgIpc) is 3.18. The molecule has 1 aliphatic carbocycles. The third-order valence-corrected chi connectivity index (χ3v) is 6.56. The van der Waals surface area contributed by atoms with Gasteiger partial charge in [-0.2, -0.15) is 5.10 Å². The summed E-state index contributed by atoms with van der Waals surface area (Å²) in [5.41, 5.74) is 6.75. The fourth-order valence-corrected chi connectivity index (χ4v) is 4.67. The summed E-state index contributed by atoms with van der Waals surface area (Å²) in [4.78, 5) is 29.6. The number of halogens is 2. The van der Waals surface area contributed by atoms with Crippen molar-refractivity contribution < 1.29 is 23.1 Å². The zero-order valence-electron chi connectivity index (χ0n) is 17.4. The number of nitrogens with two attached hydrogens (primary N) is 1. The van der Waals surface area contributed by atoms with Crippen LogP contribution in [0.1, 0.15) is 56.0 Å². The number of methoxy groups -OCH3 is 1. The van der Waals surface area contributed by atoms with Crippen LogP contribution < -0.4 is 11.1 Å². The van der Waals surface area contributed by atoms with Gasteiger partial charge in [0.1, 0.15) is 0 Å². The molecule has 1 aliphatic heterocycles. The number of ether oxygens (including phenoxy) is 1. The molecule has 2 aliphatic rings. The predicted octanol–water partition coefficient (Wildman–Crippen LogP) is 2.17. The molecule has 0 bridgehead atoms. The van der Waals surface area contributed by atoms with E-state index in [1.165, 1.54) is 7.11 Å². The van der Waals surface area contributed by atoms with Crippen LogP contribution in [0, 0.1) is 11.3 Å². The molecule has 2 fully saturated rings. The van der Waals surface area contributed by atoms with E-state index in [0.717, 1.165) is 0 Å². The number of hydrogen-bond donors (Lipinski definition) is 2. The van der Waals surface area contributed by atoms with Crippen molar-refractivity contribution in [2.75, 3.05) is 13.7 Å². The fourth-order valence-electron chi connectivity index (χ4n) is 4.67. The molecule has 0 spiro atoms. The van der Waals surface area contributed by atoms with E-state index in [-0.39, 0.29) is 31.1 Å². The van der Waals surface area contributed by atoms with E-state index in [2.05, 4.69) is 15.4 Å². The van der Waals surface area contributed by atoms with Gasteiger partial charge in [0, 0.05) is 25.8 Å². The summed E-state index contributed by atoms with van der Waals surface area (Å²) in [7, 11) is 1.27. The molecule has 31 heavy (non-hydrogen) atoms. The van der Waals surface area contributed by atoms with Crippen LogP contribution in [0.5, 0.6) is 0 Å². The van der Waals surface area contributed by atoms with Gasteiger partial charge in [-0.15, -0.1) is 0 Å². The lowest BCUT2D eigenvalue weighted by atomic mass is 9.76. The molecule has 10 heteroatoms. The molecule has 3 N–H and O–H groups in total. The summed E-state index contributed by atoms with van der Waals surface area (Å²) < 4.78 is 33.4. The Kier molecular flexibility index (Phi) is 5.67. The highest BCUT2D eigenvalue weighted by molar-refractivity contribution is 6.03. The van der Waals surface area contributed by atoms with Crippen LogP contribution in [0.3, 0.4) is 0 Å². The van der Waals surface area contributed by atoms with Gasteiger partial charge in [-0.05, 0) is 43.7 Å². The highest BCUT2D eigenvalue weighted by Gasteiger charge is 2.48. The number of nitrogens with one attached hydrogen (secondary N) is 1. The first-order valence-electron chi connectivity index (χ1n) is 10.6. The van der Waals surface area contributed by atoms with Gasteiger partial charge in [-0.3, -0.25) is 9.59 Å². The Bertz CT molecular complexity index is 975. The van der Waals surface area contributed by atoms with Gasteiger partial charge in [-0.25, -0.2) is 18.3 Å². The number of esters is 1. The second kappa shape index (κ2) is 8.14. The maximum Gasteiger partial charge on any atom is 0.321 e. The Hall–Kier alpha value is -2.62. The topological polar surface area (TPSA) is 112 Å². The quantitative estimate of drug-likeness (QED) is 0.550. The van der Waals surface area contributed by atoms with Crippen molar-refractivity contribution in [3.63, 3.8) is 0 Å². The minimum Gasteiger partial charge on any atom is -0.468 e. The van der Waals surface area contributed by atoms with Crippen LogP contribution in [0.25, 0.3) is 5.65 Å². The highest BCUT2D eigenvalue weighted by atomic mass is 19.3. The van der Waals surface area contributed by atoms with Gasteiger partial charge in [0.2, 0.25) is 11.8 Å². The van der Waals surface area contributed by atoms with Crippen molar-refractivity contribution in [3.05, 3.63) is 29.7 Å². The minimum absolute atomic E-state index is 0.0578. The van der Waals surface area contributed by atoms with Crippen LogP contribution in [0.2, 0.25) is 0 Å². The molecular weight excluding hydrogens is 408 g/mol. The van der Waals surface area contributed by atoms with Crippen LogP contribution >= 0.6 is 0 Å². The molecule has 1 amide bonds. The summed E-state index contributed by atoms with van der Waals surface area (Å²) in [5.74, 6) is -3.59. The Morgan fingerprint density at radius 3 is 2.77 bits per heavy atom. The van der Waals surface area contributed by atoms with Gasteiger partial charge < -0.3 is 15.8 Å². The van der Waals surface area contributed by atoms with Crippen LogP contribution in [-0.2, 0) is 20.7 Å². The van der Waals surface area contributed by atoms with Crippen molar-refractivity contribution in [2.45, 2.75) is 56.9 Å². The Labute approximate surface area is 178 Å². The summed E-state index contributed by atoms with van der Waals surface area (Å²) in [6.07, 6.45) is 3.28. The molecule has 1 saturated heterocycles. The molecule has 1 saturated carbocycles. The predicted molar refractivity (Wildman–Crippen MR) is 107 cm³/mol. The molecule has 2 aromatic rings. The number of imidazole rings is 1. The van der Waals surface area contributed by atoms with Crippen molar-refractivity contribution in [3.8, 4) is 0 Å². The van der Waals surface area contributed by atoms with Gasteiger partial charge in [0.15, 0.2) is 11.1 Å². The van der Waals surface area contributed by atoms with E-state index >= 15 is 0 Å². The molecule has 2 aromatic heterocycles. The maximum absolute atomic E-state index is 13.5. The molecular formula is C21H27F2N5O3. The molecule has 2 unspecified atom stereocenters. The van der Waals surface area contributed by atoms with Gasteiger partial charge in [0.05, 0.1) is 30.7 Å². The smallest absolute Gasteiger partial charge is 0.321 e. The lowest BCUT2D eigenvalue weighted by Gasteiger charge is -2.33. The minimum atomic E-state index is -2.60. The first-order valence-corrected chi connectivity index (χ1v) is 10.6. The van der Waals surface area contributed by atoms with E-state index in [0.29, 0.717) is 49.3 Å². The van der Waals surface area contributed by atoms with Crippen LogP contribution in [0.4, 0.5) is 8.78 Å². The molecule has 2 atom stereocenters. The lowest BCUT2D eigenvalue weighted by Crippen LogP contribution is -2.52. The SMILES string of the molecule is COC(=O)C1(Cc2ccc3nc(C(N)C4CCC(F)(F)CC4)cn3n2)CCCNC1=O. The largest absolute Gasteiger partial charge is 0.468 e. The second-order valence-electron chi connectivity index (χ2n) is 8.62. The monoisotopic (exact) mass is 435 g/mol.